The predicted octanol–water partition coefficient (Wildman–Crippen LogP) is 3.51. The molecule has 0 aromatic rings. The standard InChI is InChI=1S/C14H23ClO2/c15-12-10-13(14(12)6-2-1-3-7-14)17-11-4-8-16-9-5-11/h11-13H,1-10H2. The van der Waals surface area contributed by atoms with Gasteiger partial charge < -0.3 is 9.47 Å². The third-order valence-electron chi connectivity index (χ3n) is 5.00. The molecular formula is C14H23ClO2. The smallest absolute Gasteiger partial charge is 0.0663 e. The third-order valence-corrected chi connectivity index (χ3v) is 5.61. The van der Waals surface area contributed by atoms with Crippen molar-refractivity contribution in [1.82, 2.24) is 0 Å². The highest BCUT2D eigenvalue weighted by molar-refractivity contribution is 6.21. The van der Waals surface area contributed by atoms with E-state index in [9.17, 15) is 0 Å². The van der Waals surface area contributed by atoms with Gasteiger partial charge in [-0.15, -0.1) is 11.6 Å². The Morgan fingerprint density at radius 3 is 2.41 bits per heavy atom. The van der Waals surface area contributed by atoms with Gasteiger partial charge >= 0.3 is 0 Å². The van der Waals surface area contributed by atoms with Crippen molar-refractivity contribution in [3.8, 4) is 0 Å². The minimum absolute atomic E-state index is 0.331. The molecule has 1 spiro atoms. The number of hydrogen-bond donors (Lipinski definition) is 0. The molecule has 0 bridgehead atoms. The molecule has 2 aliphatic carbocycles. The number of rotatable bonds is 2. The molecular weight excluding hydrogens is 236 g/mol. The van der Waals surface area contributed by atoms with Crippen LogP contribution in [-0.4, -0.2) is 30.8 Å². The van der Waals surface area contributed by atoms with Gasteiger partial charge in [0.05, 0.1) is 12.2 Å². The third kappa shape index (κ3) is 2.24. The second kappa shape index (κ2) is 5.07. The Kier molecular flexibility index (Phi) is 3.65. The maximum absolute atomic E-state index is 6.49. The van der Waals surface area contributed by atoms with Crippen molar-refractivity contribution in [2.75, 3.05) is 13.2 Å². The van der Waals surface area contributed by atoms with Crippen molar-refractivity contribution in [2.24, 2.45) is 5.41 Å². The Morgan fingerprint density at radius 2 is 1.76 bits per heavy atom. The van der Waals surface area contributed by atoms with Crippen LogP contribution in [-0.2, 0) is 9.47 Å². The van der Waals surface area contributed by atoms with E-state index in [1.54, 1.807) is 0 Å². The highest BCUT2D eigenvalue weighted by Gasteiger charge is 2.55. The van der Waals surface area contributed by atoms with E-state index in [1.165, 1.54) is 32.1 Å². The molecule has 0 N–H and O–H groups in total. The molecule has 3 aliphatic rings. The van der Waals surface area contributed by atoms with Crippen LogP contribution >= 0.6 is 11.6 Å². The fourth-order valence-corrected chi connectivity index (χ4v) is 4.30. The summed E-state index contributed by atoms with van der Waals surface area (Å²) in [5.41, 5.74) is 0.331. The fourth-order valence-electron chi connectivity index (χ4n) is 3.78. The van der Waals surface area contributed by atoms with E-state index in [-0.39, 0.29) is 0 Å². The molecule has 0 aromatic heterocycles. The summed E-state index contributed by atoms with van der Waals surface area (Å²) in [6, 6.07) is 0. The summed E-state index contributed by atoms with van der Waals surface area (Å²) in [6.45, 7) is 1.74. The molecule has 1 heterocycles. The highest BCUT2D eigenvalue weighted by Crippen LogP contribution is 2.56. The zero-order valence-electron chi connectivity index (χ0n) is 10.5. The highest BCUT2D eigenvalue weighted by atomic mass is 35.5. The lowest BCUT2D eigenvalue weighted by Gasteiger charge is -2.56. The van der Waals surface area contributed by atoms with Gasteiger partial charge in [0.25, 0.3) is 0 Å². The summed E-state index contributed by atoms with van der Waals surface area (Å²) in [5, 5.41) is 0.368. The Balaban J connectivity index is 1.59. The molecule has 17 heavy (non-hydrogen) atoms. The van der Waals surface area contributed by atoms with Crippen LogP contribution in [0.25, 0.3) is 0 Å². The first-order valence-electron chi connectivity index (χ1n) is 7.18. The van der Waals surface area contributed by atoms with Crippen LogP contribution in [0.1, 0.15) is 51.4 Å². The van der Waals surface area contributed by atoms with Gasteiger partial charge in [-0.25, -0.2) is 0 Å². The van der Waals surface area contributed by atoms with Crippen molar-refractivity contribution in [2.45, 2.75) is 69.0 Å². The van der Waals surface area contributed by atoms with E-state index >= 15 is 0 Å². The second-order valence-electron chi connectivity index (χ2n) is 5.93. The molecule has 3 rings (SSSR count). The molecule has 2 atom stereocenters. The van der Waals surface area contributed by atoms with Crippen molar-refractivity contribution in [3.63, 3.8) is 0 Å². The first-order valence-corrected chi connectivity index (χ1v) is 7.62. The lowest BCUT2D eigenvalue weighted by atomic mass is 9.58. The van der Waals surface area contributed by atoms with Gasteiger partial charge in [0.1, 0.15) is 0 Å². The number of hydrogen-bond acceptors (Lipinski definition) is 2. The summed E-state index contributed by atoms with van der Waals surface area (Å²) in [5.74, 6) is 0. The Labute approximate surface area is 109 Å². The van der Waals surface area contributed by atoms with Crippen LogP contribution in [0.4, 0.5) is 0 Å². The first-order chi connectivity index (χ1) is 8.31. The topological polar surface area (TPSA) is 18.5 Å². The van der Waals surface area contributed by atoms with Gasteiger partial charge in [0, 0.05) is 24.0 Å². The average molecular weight is 259 g/mol. The summed E-state index contributed by atoms with van der Waals surface area (Å²) >= 11 is 6.49. The van der Waals surface area contributed by atoms with Crippen molar-refractivity contribution in [3.05, 3.63) is 0 Å². The van der Waals surface area contributed by atoms with E-state index in [4.69, 9.17) is 21.1 Å². The van der Waals surface area contributed by atoms with E-state index in [0.29, 0.717) is 23.0 Å². The molecule has 2 unspecified atom stereocenters. The largest absolute Gasteiger partial charge is 0.381 e. The quantitative estimate of drug-likeness (QED) is 0.706. The van der Waals surface area contributed by atoms with Crippen LogP contribution in [0.3, 0.4) is 0 Å². The summed E-state index contributed by atoms with van der Waals surface area (Å²) in [4.78, 5) is 0. The molecule has 0 aromatic carbocycles. The van der Waals surface area contributed by atoms with Gasteiger partial charge in [0.2, 0.25) is 0 Å². The monoisotopic (exact) mass is 258 g/mol. The molecule has 2 saturated carbocycles. The predicted molar refractivity (Wildman–Crippen MR) is 68.5 cm³/mol. The molecule has 2 nitrogen and oxygen atoms in total. The maximum atomic E-state index is 6.49. The Bertz CT molecular complexity index is 257. The van der Waals surface area contributed by atoms with Crippen LogP contribution in [0, 0.1) is 5.41 Å². The average Bonchev–Trinajstić information content (AvgIpc) is 2.41. The fraction of sp³-hybridized carbons (Fsp3) is 1.00. The van der Waals surface area contributed by atoms with Crippen molar-refractivity contribution < 1.29 is 9.47 Å². The molecule has 3 fully saturated rings. The van der Waals surface area contributed by atoms with E-state index in [0.717, 1.165) is 32.5 Å². The van der Waals surface area contributed by atoms with Gasteiger partial charge in [-0.2, -0.15) is 0 Å². The summed E-state index contributed by atoms with van der Waals surface area (Å²) in [7, 11) is 0. The van der Waals surface area contributed by atoms with Crippen LogP contribution in [0.2, 0.25) is 0 Å². The number of ether oxygens (including phenoxy) is 2. The zero-order chi connectivity index (χ0) is 11.7. The SMILES string of the molecule is ClC1CC(OC2CCOCC2)C12CCCCC2. The minimum atomic E-state index is 0.331. The van der Waals surface area contributed by atoms with E-state index in [1.807, 2.05) is 0 Å². The lowest BCUT2D eigenvalue weighted by Crippen LogP contribution is -2.57. The van der Waals surface area contributed by atoms with Gasteiger partial charge in [-0.3, -0.25) is 0 Å². The van der Waals surface area contributed by atoms with Crippen LogP contribution in [0.5, 0.6) is 0 Å². The molecule has 3 heteroatoms. The Morgan fingerprint density at radius 1 is 1.06 bits per heavy atom. The van der Waals surface area contributed by atoms with Crippen molar-refractivity contribution >= 4 is 11.6 Å². The normalized spacial score (nSPS) is 37.9. The van der Waals surface area contributed by atoms with Crippen LogP contribution in [0.15, 0.2) is 0 Å². The second-order valence-corrected chi connectivity index (χ2v) is 6.46. The Hall–Kier alpha value is 0.210. The maximum Gasteiger partial charge on any atom is 0.0663 e. The molecule has 1 saturated heterocycles. The number of halogens is 1. The molecule has 98 valence electrons. The van der Waals surface area contributed by atoms with E-state index < -0.39 is 0 Å². The summed E-state index contributed by atoms with van der Waals surface area (Å²) in [6.07, 6.45) is 10.7. The first kappa shape index (κ1) is 12.3. The number of alkyl halides is 1. The summed E-state index contributed by atoms with van der Waals surface area (Å²) < 4.78 is 11.7. The van der Waals surface area contributed by atoms with Crippen LogP contribution < -0.4 is 0 Å². The van der Waals surface area contributed by atoms with E-state index in [2.05, 4.69) is 0 Å². The van der Waals surface area contributed by atoms with Gasteiger partial charge in [0.15, 0.2) is 0 Å². The van der Waals surface area contributed by atoms with Gasteiger partial charge in [-0.05, 0) is 32.1 Å². The molecule has 0 radical (unpaired) electrons. The van der Waals surface area contributed by atoms with Crippen molar-refractivity contribution in [1.29, 1.82) is 0 Å². The lowest BCUT2D eigenvalue weighted by molar-refractivity contribution is -0.169. The zero-order valence-corrected chi connectivity index (χ0v) is 11.3. The minimum Gasteiger partial charge on any atom is -0.381 e. The van der Waals surface area contributed by atoms with Gasteiger partial charge in [-0.1, -0.05) is 19.3 Å². The molecule has 0 amide bonds. The molecule has 1 aliphatic heterocycles.